The first-order valence-electron chi connectivity index (χ1n) is 11.3. The molecule has 0 bridgehead atoms. The highest BCUT2D eigenvalue weighted by Gasteiger charge is 2.27. The summed E-state index contributed by atoms with van der Waals surface area (Å²) in [6.45, 7) is 8.28. The molecule has 3 aromatic carbocycles. The molecule has 0 saturated heterocycles. The average Bonchev–Trinajstić information content (AvgIpc) is 2.80. The fourth-order valence-corrected chi connectivity index (χ4v) is 5.13. The van der Waals surface area contributed by atoms with Crippen molar-refractivity contribution in [1.29, 1.82) is 0 Å². The van der Waals surface area contributed by atoms with Crippen molar-refractivity contribution in [2.75, 3.05) is 24.0 Å². The molecule has 0 atom stereocenters. The monoisotopic (exact) mass is 514 g/mol. The van der Waals surface area contributed by atoms with Gasteiger partial charge in [-0.25, -0.2) is 8.42 Å². The molecule has 6 nitrogen and oxygen atoms in total. The van der Waals surface area contributed by atoms with Crippen LogP contribution in [0, 0.1) is 6.92 Å². The van der Waals surface area contributed by atoms with E-state index in [-0.39, 0.29) is 23.5 Å². The highest BCUT2D eigenvalue weighted by molar-refractivity contribution is 7.92. The minimum atomic E-state index is -4.00. The molecule has 8 heteroatoms. The number of ether oxygens (including phenoxy) is 1. The summed E-state index contributed by atoms with van der Waals surface area (Å²) in [6, 6.07) is 20.7. The molecule has 0 saturated carbocycles. The molecule has 35 heavy (non-hydrogen) atoms. The van der Waals surface area contributed by atoms with Gasteiger partial charge in [0.15, 0.2) is 0 Å². The van der Waals surface area contributed by atoms with E-state index in [0.717, 1.165) is 21.2 Å². The van der Waals surface area contributed by atoms with Crippen molar-refractivity contribution in [2.45, 2.75) is 38.0 Å². The van der Waals surface area contributed by atoms with Crippen LogP contribution in [0.2, 0.25) is 5.02 Å². The summed E-state index contributed by atoms with van der Waals surface area (Å²) < 4.78 is 33.8. The van der Waals surface area contributed by atoms with Gasteiger partial charge in [0.1, 0.15) is 18.9 Å². The topological polar surface area (TPSA) is 75.7 Å². The molecule has 0 spiro atoms. The van der Waals surface area contributed by atoms with Crippen LogP contribution in [0.15, 0.2) is 77.7 Å². The van der Waals surface area contributed by atoms with Crippen LogP contribution >= 0.6 is 11.6 Å². The molecule has 0 aliphatic rings. The van der Waals surface area contributed by atoms with Crippen molar-refractivity contribution in [3.8, 4) is 5.75 Å². The molecule has 0 aromatic heterocycles. The van der Waals surface area contributed by atoms with E-state index in [0.29, 0.717) is 10.7 Å². The van der Waals surface area contributed by atoms with Crippen LogP contribution in [0.1, 0.15) is 31.9 Å². The van der Waals surface area contributed by atoms with Gasteiger partial charge in [-0.3, -0.25) is 9.10 Å². The fraction of sp³-hybridized carbons (Fsp3) is 0.296. The maximum Gasteiger partial charge on any atom is 0.264 e. The summed E-state index contributed by atoms with van der Waals surface area (Å²) in [5.41, 5.74) is 2.23. The van der Waals surface area contributed by atoms with Crippen LogP contribution in [0.3, 0.4) is 0 Å². The Kier molecular flexibility index (Phi) is 8.46. The van der Waals surface area contributed by atoms with Crippen molar-refractivity contribution in [3.63, 3.8) is 0 Å². The molecule has 186 valence electrons. The van der Waals surface area contributed by atoms with Crippen LogP contribution in [0.5, 0.6) is 5.75 Å². The van der Waals surface area contributed by atoms with Gasteiger partial charge < -0.3 is 10.1 Å². The van der Waals surface area contributed by atoms with Crippen molar-refractivity contribution >= 4 is 33.2 Å². The highest BCUT2D eigenvalue weighted by atomic mass is 35.5. The third-order valence-electron chi connectivity index (χ3n) is 5.37. The first kappa shape index (κ1) is 26.6. The zero-order chi connectivity index (χ0) is 25.6. The largest absolute Gasteiger partial charge is 0.491 e. The zero-order valence-electron chi connectivity index (χ0n) is 20.4. The fourth-order valence-electron chi connectivity index (χ4n) is 3.53. The lowest BCUT2D eigenvalue weighted by Gasteiger charge is -2.24. The van der Waals surface area contributed by atoms with Gasteiger partial charge in [-0.15, -0.1) is 0 Å². The highest BCUT2D eigenvalue weighted by Crippen LogP contribution is 2.31. The number of benzene rings is 3. The Morgan fingerprint density at radius 2 is 1.69 bits per heavy atom. The molecule has 1 amide bonds. The van der Waals surface area contributed by atoms with E-state index >= 15 is 0 Å². The number of carbonyl (C=O) groups excluding carboxylic acids is 1. The van der Waals surface area contributed by atoms with Crippen molar-refractivity contribution in [1.82, 2.24) is 5.32 Å². The summed E-state index contributed by atoms with van der Waals surface area (Å²) in [7, 11) is -4.00. The van der Waals surface area contributed by atoms with Gasteiger partial charge >= 0.3 is 0 Å². The third-order valence-corrected chi connectivity index (χ3v) is 7.39. The Morgan fingerprint density at radius 3 is 2.34 bits per heavy atom. The molecular weight excluding hydrogens is 484 g/mol. The minimum absolute atomic E-state index is 0.0817. The summed E-state index contributed by atoms with van der Waals surface area (Å²) in [5.74, 6) is 0.310. The van der Waals surface area contributed by atoms with Crippen LogP contribution in [0.25, 0.3) is 0 Å². The lowest BCUT2D eigenvalue weighted by Crippen LogP contribution is -2.42. The molecule has 0 unspecified atom stereocenters. The molecule has 3 rings (SSSR count). The normalized spacial score (nSPS) is 11.7. The van der Waals surface area contributed by atoms with E-state index < -0.39 is 22.5 Å². The molecular formula is C27H31ClN2O4S. The number of anilines is 1. The van der Waals surface area contributed by atoms with E-state index in [4.69, 9.17) is 16.3 Å². The van der Waals surface area contributed by atoms with E-state index in [2.05, 4.69) is 26.1 Å². The van der Waals surface area contributed by atoms with Gasteiger partial charge in [0.25, 0.3) is 10.0 Å². The number of aryl methyl sites for hydroxylation is 1. The standard InChI is InChI=1S/C27H31ClN2O4S/c1-20-12-14-23(15-13-20)35(32,33)30(22-9-7-8-21(28)18-22)19-26(31)29-16-17-34-25-11-6-5-10-24(25)27(2,3)4/h5-15,18H,16-17,19H2,1-4H3,(H,29,31). The Balaban J connectivity index is 1.71. The van der Waals surface area contributed by atoms with Crippen molar-refractivity contribution < 1.29 is 17.9 Å². The number of hydrogen-bond acceptors (Lipinski definition) is 4. The second-order valence-corrected chi connectivity index (χ2v) is 11.5. The predicted octanol–water partition coefficient (Wildman–Crippen LogP) is 5.34. The molecule has 0 heterocycles. The lowest BCUT2D eigenvalue weighted by atomic mass is 9.86. The Bertz CT molecular complexity index is 1270. The summed E-state index contributed by atoms with van der Waals surface area (Å²) in [6.07, 6.45) is 0. The summed E-state index contributed by atoms with van der Waals surface area (Å²) in [4.78, 5) is 12.9. The number of hydrogen-bond donors (Lipinski definition) is 1. The van der Waals surface area contributed by atoms with Gasteiger partial charge in [0.05, 0.1) is 17.1 Å². The molecule has 0 aliphatic heterocycles. The zero-order valence-corrected chi connectivity index (χ0v) is 22.0. The van der Waals surface area contributed by atoms with Gasteiger partial charge in [0.2, 0.25) is 5.91 Å². The third kappa shape index (κ3) is 6.99. The van der Waals surface area contributed by atoms with Gasteiger partial charge in [-0.05, 0) is 54.3 Å². The number of nitrogens with zero attached hydrogens (tertiary/aromatic N) is 1. The number of rotatable bonds is 9. The summed E-state index contributed by atoms with van der Waals surface area (Å²) >= 11 is 6.11. The maximum absolute atomic E-state index is 13.4. The van der Waals surface area contributed by atoms with Crippen LogP contribution < -0.4 is 14.4 Å². The molecule has 0 aliphatic carbocycles. The molecule has 3 aromatic rings. The quantitative estimate of drug-likeness (QED) is 0.391. The van der Waals surface area contributed by atoms with Crippen molar-refractivity contribution in [2.24, 2.45) is 0 Å². The Labute approximate surface area is 212 Å². The predicted molar refractivity (Wildman–Crippen MR) is 141 cm³/mol. The van der Waals surface area contributed by atoms with E-state index in [9.17, 15) is 13.2 Å². The number of carbonyl (C=O) groups is 1. The van der Waals surface area contributed by atoms with Gasteiger partial charge in [-0.1, -0.05) is 74.3 Å². The first-order chi connectivity index (χ1) is 16.5. The number of amides is 1. The molecule has 1 N–H and O–H groups in total. The number of para-hydroxylation sites is 1. The lowest BCUT2D eigenvalue weighted by molar-refractivity contribution is -0.119. The van der Waals surface area contributed by atoms with E-state index in [1.165, 1.54) is 18.2 Å². The number of halogens is 1. The second-order valence-electron chi connectivity index (χ2n) is 9.25. The number of nitrogens with one attached hydrogen (secondary N) is 1. The average molecular weight is 515 g/mol. The van der Waals surface area contributed by atoms with E-state index in [1.54, 1.807) is 30.3 Å². The van der Waals surface area contributed by atoms with Crippen LogP contribution in [-0.2, 0) is 20.2 Å². The van der Waals surface area contributed by atoms with Crippen molar-refractivity contribution in [3.05, 3.63) is 88.9 Å². The smallest absolute Gasteiger partial charge is 0.264 e. The second kappa shape index (κ2) is 11.1. The SMILES string of the molecule is Cc1ccc(S(=O)(=O)N(CC(=O)NCCOc2ccccc2C(C)(C)C)c2cccc(Cl)c2)cc1. The van der Waals surface area contributed by atoms with Gasteiger partial charge in [-0.2, -0.15) is 0 Å². The molecule has 0 fully saturated rings. The van der Waals surface area contributed by atoms with Crippen LogP contribution in [0.4, 0.5) is 5.69 Å². The van der Waals surface area contributed by atoms with E-state index in [1.807, 2.05) is 31.2 Å². The Hall–Kier alpha value is -3.03. The maximum atomic E-state index is 13.4. The summed E-state index contributed by atoms with van der Waals surface area (Å²) in [5, 5.41) is 3.13. The Morgan fingerprint density at radius 1 is 1.00 bits per heavy atom. The first-order valence-corrected chi connectivity index (χ1v) is 13.1. The van der Waals surface area contributed by atoms with Crippen LogP contribution in [-0.4, -0.2) is 34.0 Å². The number of sulfonamides is 1. The minimum Gasteiger partial charge on any atom is -0.491 e. The van der Waals surface area contributed by atoms with Gasteiger partial charge in [0, 0.05) is 5.02 Å². The molecule has 0 radical (unpaired) electrons.